The van der Waals surface area contributed by atoms with Gasteiger partial charge in [-0.3, -0.25) is 9.69 Å². The molecule has 0 amide bonds. The average molecular weight is 267 g/mol. The molecule has 0 saturated carbocycles. The number of nitrogens with zero attached hydrogens (tertiary/aromatic N) is 1. The quantitative estimate of drug-likeness (QED) is 0.793. The standard InChI is InChI=1S/C14H21NO4/c1-10(15(2)8-4-5-14(17)18)12-9-11(19-3)6-7-13(12)16/h6-7,9-10,16H,4-5,8H2,1-3H3,(H,17,18). The Hall–Kier alpha value is -1.75. The van der Waals surface area contributed by atoms with Crippen molar-refractivity contribution in [1.29, 1.82) is 0 Å². The number of carbonyl (C=O) groups is 1. The van der Waals surface area contributed by atoms with E-state index in [0.29, 0.717) is 18.7 Å². The zero-order chi connectivity index (χ0) is 14.4. The monoisotopic (exact) mass is 267 g/mol. The molecule has 1 aromatic rings. The Bertz CT molecular complexity index is 433. The maximum Gasteiger partial charge on any atom is 0.303 e. The molecule has 106 valence electrons. The van der Waals surface area contributed by atoms with E-state index in [1.54, 1.807) is 25.3 Å². The van der Waals surface area contributed by atoms with Gasteiger partial charge in [-0.2, -0.15) is 0 Å². The third-order valence-electron chi connectivity index (χ3n) is 3.25. The highest BCUT2D eigenvalue weighted by molar-refractivity contribution is 5.66. The van der Waals surface area contributed by atoms with Gasteiger partial charge < -0.3 is 14.9 Å². The normalized spacial score (nSPS) is 12.4. The van der Waals surface area contributed by atoms with Crippen LogP contribution in [0.5, 0.6) is 11.5 Å². The van der Waals surface area contributed by atoms with E-state index in [2.05, 4.69) is 0 Å². The van der Waals surface area contributed by atoms with E-state index in [9.17, 15) is 9.90 Å². The number of aliphatic carboxylic acids is 1. The van der Waals surface area contributed by atoms with Crippen molar-refractivity contribution < 1.29 is 19.7 Å². The predicted octanol–water partition coefficient (Wildman–Crippen LogP) is 2.26. The van der Waals surface area contributed by atoms with Crippen molar-refractivity contribution in [2.75, 3.05) is 20.7 Å². The molecule has 1 rings (SSSR count). The number of aromatic hydroxyl groups is 1. The average Bonchev–Trinajstić information content (AvgIpc) is 2.38. The van der Waals surface area contributed by atoms with Crippen molar-refractivity contribution in [1.82, 2.24) is 4.90 Å². The minimum atomic E-state index is -0.787. The minimum absolute atomic E-state index is 0.0103. The molecule has 0 aliphatic carbocycles. The summed E-state index contributed by atoms with van der Waals surface area (Å²) in [4.78, 5) is 12.5. The van der Waals surface area contributed by atoms with E-state index in [-0.39, 0.29) is 18.2 Å². The lowest BCUT2D eigenvalue weighted by molar-refractivity contribution is -0.137. The first-order chi connectivity index (χ1) is 8.95. The molecule has 0 saturated heterocycles. The van der Waals surface area contributed by atoms with Gasteiger partial charge in [0.15, 0.2) is 0 Å². The number of hydrogen-bond donors (Lipinski definition) is 2. The van der Waals surface area contributed by atoms with Gasteiger partial charge in [-0.15, -0.1) is 0 Å². The van der Waals surface area contributed by atoms with E-state index in [0.717, 1.165) is 5.56 Å². The molecule has 0 aromatic heterocycles. The second-order valence-corrected chi connectivity index (χ2v) is 4.58. The number of hydrogen-bond acceptors (Lipinski definition) is 4. The first kappa shape index (κ1) is 15.3. The maximum absolute atomic E-state index is 10.5. The second kappa shape index (κ2) is 6.99. The van der Waals surface area contributed by atoms with E-state index in [4.69, 9.17) is 9.84 Å². The van der Waals surface area contributed by atoms with Crippen molar-refractivity contribution in [3.05, 3.63) is 23.8 Å². The molecule has 0 fully saturated rings. The molecule has 0 spiro atoms. The number of methoxy groups -OCH3 is 1. The highest BCUT2D eigenvalue weighted by Gasteiger charge is 2.16. The largest absolute Gasteiger partial charge is 0.508 e. The van der Waals surface area contributed by atoms with Crippen LogP contribution in [0.15, 0.2) is 18.2 Å². The Morgan fingerprint density at radius 3 is 2.74 bits per heavy atom. The summed E-state index contributed by atoms with van der Waals surface area (Å²) in [7, 11) is 3.49. The van der Waals surface area contributed by atoms with Gasteiger partial charge in [0, 0.05) is 18.0 Å². The van der Waals surface area contributed by atoms with Gasteiger partial charge in [0.25, 0.3) is 0 Å². The summed E-state index contributed by atoms with van der Waals surface area (Å²) in [5, 5.41) is 18.5. The van der Waals surface area contributed by atoms with Gasteiger partial charge in [0.1, 0.15) is 11.5 Å². The van der Waals surface area contributed by atoms with Crippen molar-refractivity contribution in [3.8, 4) is 11.5 Å². The summed E-state index contributed by atoms with van der Waals surface area (Å²) in [5.74, 6) is 0.127. The summed E-state index contributed by atoms with van der Waals surface area (Å²) in [6.45, 7) is 2.62. The molecule has 19 heavy (non-hydrogen) atoms. The smallest absolute Gasteiger partial charge is 0.303 e. The van der Waals surface area contributed by atoms with Crippen molar-refractivity contribution >= 4 is 5.97 Å². The zero-order valence-corrected chi connectivity index (χ0v) is 11.6. The van der Waals surface area contributed by atoms with Gasteiger partial charge >= 0.3 is 5.97 Å². The van der Waals surface area contributed by atoms with Gasteiger partial charge in [0.05, 0.1) is 7.11 Å². The third kappa shape index (κ3) is 4.44. The summed E-state index contributed by atoms with van der Waals surface area (Å²) in [6.07, 6.45) is 0.738. The number of carboxylic acid groups (broad SMARTS) is 1. The van der Waals surface area contributed by atoms with Crippen LogP contribution in [0.1, 0.15) is 31.4 Å². The molecule has 5 nitrogen and oxygen atoms in total. The van der Waals surface area contributed by atoms with Crippen LogP contribution in [-0.2, 0) is 4.79 Å². The van der Waals surface area contributed by atoms with E-state index in [1.807, 2.05) is 18.9 Å². The lowest BCUT2D eigenvalue weighted by atomic mass is 10.1. The van der Waals surface area contributed by atoms with Gasteiger partial charge in [0.2, 0.25) is 0 Å². The Morgan fingerprint density at radius 2 is 2.16 bits per heavy atom. The molecule has 5 heteroatoms. The van der Waals surface area contributed by atoms with Crippen LogP contribution in [-0.4, -0.2) is 41.8 Å². The Balaban J connectivity index is 2.70. The topological polar surface area (TPSA) is 70.0 Å². The van der Waals surface area contributed by atoms with Gasteiger partial charge in [-0.25, -0.2) is 0 Å². The summed E-state index contributed by atoms with van der Waals surface area (Å²) in [5.41, 5.74) is 0.775. The summed E-state index contributed by atoms with van der Waals surface area (Å²) in [6, 6.07) is 5.10. The molecule has 0 aliphatic rings. The van der Waals surface area contributed by atoms with E-state index < -0.39 is 5.97 Å². The molecule has 0 aliphatic heterocycles. The molecule has 0 heterocycles. The second-order valence-electron chi connectivity index (χ2n) is 4.58. The number of phenols is 1. The van der Waals surface area contributed by atoms with Crippen molar-refractivity contribution in [2.45, 2.75) is 25.8 Å². The van der Waals surface area contributed by atoms with Gasteiger partial charge in [-0.1, -0.05) is 0 Å². The van der Waals surface area contributed by atoms with Crippen LogP contribution < -0.4 is 4.74 Å². The third-order valence-corrected chi connectivity index (χ3v) is 3.25. The Kier molecular flexibility index (Phi) is 5.63. The Labute approximate surface area is 113 Å². The van der Waals surface area contributed by atoms with E-state index >= 15 is 0 Å². The molecular formula is C14H21NO4. The number of phenolic OH excluding ortho intramolecular Hbond substituents is 1. The van der Waals surface area contributed by atoms with Crippen LogP contribution in [0, 0.1) is 0 Å². The van der Waals surface area contributed by atoms with Crippen molar-refractivity contribution in [3.63, 3.8) is 0 Å². The lowest BCUT2D eigenvalue weighted by Crippen LogP contribution is -2.24. The molecule has 1 unspecified atom stereocenters. The van der Waals surface area contributed by atoms with Crippen LogP contribution in [0.4, 0.5) is 0 Å². The molecule has 1 aromatic carbocycles. The molecule has 1 atom stereocenters. The van der Waals surface area contributed by atoms with Crippen LogP contribution in [0.2, 0.25) is 0 Å². The minimum Gasteiger partial charge on any atom is -0.508 e. The van der Waals surface area contributed by atoms with Crippen LogP contribution >= 0.6 is 0 Å². The molecule has 0 bridgehead atoms. The lowest BCUT2D eigenvalue weighted by Gasteiger charge is -2.25. The molecule has 0 radical (unpaired) electrons. The SMILES string of the molecule is COc1ccc(O)c(C(C)N(C)CCCC(=O)O)c1. The number of ether oxygens (including phenoxy) is 1. The van der Waals surface area contributed by atoms with E-state index in [1.165, 1.54) is 0 Å². The van der Waals surface area contributed by atoms with Crippen LogP contribution in [0.25, 0.3) is 0 Å². The number of rotatable bonds is 7. The zero-order valence-electron chi connectivity index (χ0n) is 11.6. The number of carboxylic acids is 1. The molecule has 2 N–H and O–H groups in total. The highest BCUT2D eigenvalue weighted by Crippen LogP contribution is 2.31. The fourth-order valence-electron chi connectivity index (χ4n) is 1.90. The number of benzene rings is 1. The fraction of sp³-hybridized carbons (Fsp3) is 0.500. The Morgan fingerprint density at radius 1 is 1.47 bits per heavy atom. The highest BCUT2D eigenvalue weighted by atomic mass is 16.5. The van der Waals surface area contributed by atoms with Gasteiger partial charge in [-0.05, 0) is 45.1 Å². The summed E-state index contributed by atoms with van der Waals surface area (Å²) < 4.78 is 5.15. The first-order valence-corrected chi connectivity index (χ1v) is 6.24. The summed E-state index contributed by atoms with van der Waals surface area (Å²) >= 11 is 0. The van der Waals surface area contributed by atoms with Crippen molar-refractivity contribution in [2.24, 2.45) is 0 Å². The molecular weight excluding hydrogens is 246 g/mol. The predicted molar refractivity (Wildman–Crippen MR) is 72.6 cm³/mol. The van der Waals surface area contributed by atoms with Crippen LogP contribution in [0.3, 0.4) is 0 Å². The maximum atomic E-state index is 10.5. The fourth-order valence-corrected chi connectivity index (χ4v) is 1.90. The first-order valence-electron chi connectivity index (χ1n) is 6.24.